The van der Waals surface area contributed by atoms with Crippen LogP contribution in [0.4, 0.5) is 0 Å². The van der Waals surface area contributed by atoms with E-state index in [-0.39, 0.29) is 0 Å². The van der Waals surface area contributed by atoms with Crippen molar-refractivity contribution < 1.29 is 4.74 Å². The van der Waals surface area contributed by atoms with Crippen LogP contribution in [0.1, 0.15) is 24.5 Å². The molecule has 2 nitrogen and oxygen atoms in total. The molecule has 0 atom stereocenters. The fraction of sp³-hybridized carbons (Fsp3) is 0.333. The Morgan fingerprint density at radius 1 is 1.00 bits per heavy atom. The van der Waals surface area contributed by atoms with E-state index in [2.05, 4.69) is 36.5 Å². The predicted octanol–water partition coefficient (Wildman–Crippen LogP) is 4.46. The Morgan fingerprint density at radius 3 is 2.48 bits per heavy atom. The molecule has 0 bridgehead atoms. The maximum atomic E-state index is 5.93. The van der Waals surface area contributed by atoms with Crippen LogP contribution in [0.3, 0.4) is 0 Å². The Balaban J connectivity index is 1.79. The first-order valence-electron chi connectivity index (χ1n) is 7.45. The van der Waals surface area contributed by atoms with E-state index in [0.29, 0.717) is 11.6 Å². The zero-order valence-electron chi connectivity index (χ0n) is 12.4. The second kappa shape index (κ2) is 8.71. The molecule has 0 saturated carbocycles. The van der Waals surface area contributed by atoms with Gasteiger partial charge in [0.05, 0.1) is 0 Å². The lowest BCUT2D eigenvalue weighted by atomic mass is 10.1. The molecule has 0 fully saturated rings. The minimum Gasteiger partial charge on any atom is -0.489 e. The molecule has 0 unspecified atom stereocenters. The zero-order valence-corrected chi connectivity index (χ0v) is 13.2. The molecule has 3 heteroatoms. The summed E-state index contributed by atoms with van der Waals surface area (Å²) in [5.74, 6) is 0.801. The summed E-state index contributed by atoms with van der Waals surface area (Å²) in [6.07, 6.45) is 2.25. The third kappa shape index (κ3) is 5.78. The molecule has 21 heavy (non-hydrogen) atoms. The van der Waals surface area contributed by atoms with E-state index in [4.69, 9.17) is 16.3 Å². The quantitative estimate of drug-likeness (QED) is 0.727. The number of hydrogen-bond donors (Lipinski definition) is 1. The van der Waals surface area contributed by atoms with Gasteiger partial charge in [-0.05, 0) is 55.3 Å². The molecular weight excluding hydrogens is 282 g/mol. The van der Waals surface area contributed by atoms with Crippen molar-refractivity contribution in [3.63, 3.8) is 0 Å². The Bertz CT molecular complexity index is 539. The second-order valence-electron chi connectivity index (χ2n) is 5.06. The van der Waals surface area contributed by atoms with E-state index >= 15 is 0 Å². The van der Waals surface area contributed by atoms with Crippen LogP contribution in [0, 0.1) is 0 Å². The molecule has 0 heterocycles. The van der Waals surface area contributed by atoms with Gasteiger partial charge < -0.3 is 10.1 Å². The van der Waals surface area contributed by atoms with Crippen molar-refractivity contribution in [3.05, 3.63) is 64.7 Å². The van der Waals surface area contributed by atoms with Gasteiger partial charge in [-0.3, -0.25) is 0 Å². The van der Waals surface area contributed by atoms with E-state index in [1.54, 1.807) is 0 Å². The number of ether oxygens (including phenoxy) is 1. The molecule has 0 aliphatic carbocycles. The second-order valence-corrected chi connectivity index (χ2v) is 5.50. The summed E-state index contributed by atoms with van der Waals surface area (Å²) in [7, 11) is 0. The molecule has 0 saturated heterocycles. The standard InChI is InChI=1S/C18H22ClNO/c1-2-11-20-12-10-15-6-8-16(9-7-15)14-21-18-5-3-4-17(19)13-18/h3-9,13,20H,2,10-12,14H2,1H3. The summed E-state index contributed by atoms with van der Waals surface area (Å²) >= 11 is 5.93. The monoisotopic (exact) mass is 303 g/mol. The van der Waals surface area contributed by atoms with E-state index < -0.39 is 0 Å². The first-order valence-corrected chi connectivity index (χ1v) is 7.82. The van der Waals surface area contributed by atoms with Gasteiger partial charge in [0.15, 0.2) is 0 Å². The van der Waals surface area contributed by atoms with Gasteiger partial charge in [0.1, 0.15) is 12.4 Å². The highest BCUT2D eigenvalue weighted by Gasteiger charge is 1.98. The molecule has 0 aliphatic rings. The topological polar surface area (TPSA) is 21.3 Å². The van der Waals surface area contributed by atoms with Crippen molar-refractivity contribution in [2.45, 2.75) is 26.4 Å². The summed E-state index contributed by atoms with van der Waals surface area (Å²) in [4.78, 5) is 0. The third-order valence-electron chi connectivity index (χ3n) is 3.24. The molecule has 0 aliphatic heterocycles. The third-order valence-corrected chi connectivity index (χ3v) is 3.48. The van der Waals surface area contributed by atoms with Crippen LogP contribution in [0.5, 0.6) is 5.75 Å². The van der Waals surface area contributed by atoms with Crippen LogP contribution < -0.4 is 10.1 Å². The van der Waals surface area contributed by atoms with Gasteiger partial charge >= 0.3 is 0 Å². The minimum absolute atomic E-state index is 0.564. The fourth-order valence-electron chi connectivity index (χ4n) is 2.06. The first kappa shape index (κ1) is 15.9. The summed E-state index contributed by atoms with van der Waals surface area (Å²) < 4.78 is 5.73. The van der Waals surface area contributed by atoms with Gasteiger partial charge in [0, 0.05) is 5.02 Å². The molecule has 0 amide bonds. The van der Waals surface area contributed by atoms with Crippen LogP contribution in [0.25, 0.3) is 0 Å². The molecule has 0 radical (unpaired) electrons. The average Bonchev–Trinajstić information content (AvgIpc) is 2.51. The summed E-state index contributed by atoms with van der Waals surface area (Å²) in [5.41, 5.74) is 2.52. The smallest absolute Gasteiger partial charge is 0.121 e. The highest BCUT2D eigenvalue weighted by Crippen LogP contribution is 2.18. The lowest BCUT2D eigenvalue weighted by Gasteiger charge is -2.08. The van der Waals surface area contributed by atoms with Crippen LogP contribution in [-0.2, 0) is 13.0 Å². The Morgan fingerprint density at radius 2 is 1.76 bits per heavy atom. The van der Waals surface area contributed by atoms with Crippen LogP contribution in [0.2, 0.25) is 5.02 Å². The van der Waals surface area contributed by atoms with Crippen molar-refractivity contribution in [2.75, 3.05) is 13.1 Å². The van der Waals surface area contributed by atoms with Gasteiger partial charge in [0.25, 0.3) is 0 Å². The maximum Gasteiger partial charge on any atom is 0.121 e. The van der Waals surface area contributed by atoms with Gasteiger partial charge in [0.2, 0.25) is 0 Å². The van der Waals surface area contributed by atoms with Crippen molar-refractivity contribution in [3.8, 4) is 5.75 Å². The van der Waals surface area contributed by atoms with Crippen molar-refractivity contribution in [1.82, 2.24) is 5.32 Å². The van der Waals surface area contributed by atoms with Crippen LogP contribution >= 0.6 is 11.6 Å². The fourth-order valence-corrected chi connectivity index (χ4v) is 2.24. The van der Waals surface area contributed by atoms with Crippen LogP contribution in [-0.4, -0.2) is 13.1 Å². The van der Waals surface area contributed by atoms with Crippen molar-refractivity contribution in [2.24, 2.45) is 0 Å². The van der Waals surface area contributed by atoms with Crippen LogP contribution in [0.15, 0.2) is 48.5 Å². The highest BCUT2D eigenvalue weighted by molar-refractivity contribution is 6.30. The molecule has 0 aromatic heterocycles. The molecule has 1 N–H and O–H groups in total. The number of benzene rings is 2. The summed E-state index contributed by atoms with van der Waals surface area (Å²) in [6.45, 7) is 4.87. The van der Waals surface area contributed by atoms with E-state index in [9.17, 15) is 0 Å². The number of nitrogens with one attached hydrogen (secondary N) is 1. The number of hydrogen-bond acceptors (Lipinski definition) is 2. The molecule has 2 rings (SSSR count). The zero-order chi connectivity index (χ0) is 14.9. The maximum absolute atomic E-state index is 5.93. The Hall–Kier alpha value is -1.51. The molecule has 2 aromatic carbocycles. The van der Waals surface area contributed by atoms with E-state index in [0.717, 1.165) is 25.3 Å². The largest absolute Gasteiger partial charge is 0.489 e. The molecule has 112 valence electrons. The molecule has 0 spiro atoms. The van der Waals surface area contributed by atoms with Gasteiger partial charge in [-0.1, -0.05) is 48.9 Å². The van der Waals surface area contributed by atoms with Crippen molar-refractivity contribution in [1.29, 1.82) is 0 Å². The van der Waals surface area contributed by atoms with E-state index in [1.165, 1.54) is 17.5 Å². The molecule has 2 aromatic rings. The Labute approximate surface area is 132 Å². The Kier molecular flexibility index (Phi) is 6.58. The number of rotatable bonds is 8. The molecular formula is C18H22ClNO. The van der Waals surface area contributed by atoms with Gasteiger partial charge in [-0.2, -0.15) is 0 Å². The lowest BCUT2D eigenvalue weighted by Crippen LogP contribution is -2.17. The first-order chi connectivity index (χ1) is 10.3. The van der Waals surface area contributed by atoms with Crippen molar-refractivity contribution >= 4 is 11.6 Å². The van der Waals surface area contributed by atoms with Gasteiger partial charge in [-0.15, -0.1) is 0 Å². The average molecular weight is 304 g/mol. The minimum atomic E-state index is 0.564. The van der Waals surface area contributed by atoms with Gasteiger partial charge in [-0.25, -0.2) is 0 Å². The SMILES string of the molecule is CCCNCCc1ccc(COc2cccc(Cl)c2)cc1. The summed E-state index contributed by atoms with van der Waals surface area (Å²) in [5, 5.41) is 4.11. The van der Waals surface area contributed by atoms with E-state index in [1.807, 2.05) is 24.3 Å². The normalized spacial score (nSPS) is 10.6. The number of halogens is 1. The summed E-state index contributed by atoms with van der Waals surface area (Å²) in [6, 6.07) is 16.1. The highest BCUT2D eigenvalue weighted by atomic mass is 35.5. The predicted molar refractivity (Wildman–Crippen MR) is 89.1 cm³/mol. The lowest BCUT2D eigenvalue weighted by molar-refractivity contribution is 0.306.